The summed E-state index contributed by atoms with van der Waals surface area (Å²) in [7, 11) is 1.60. The van der Waals surface area contributed by atoms with Crippen molar-refractivity contribution in [3.05, 3.63) is 66.0 Å². The second-order valence-corrected chi connectivity index (χ2v) is 4.70. The minimum atomic E-state index is -0.303. The van der Waals surface area contributed by atoms with E-state index in [4.69, 9.17) is 9.47 Å². The molecule has 0 aliphatic rings. The molecule has 1 N–H and O–H groups in total. The lowest BCUT2D eigenvalue weighted by Crippen LogP contribution is -2.26. The minimum absolute atomic E-state index is 0.229. The van der Waals surface area contributed by atoms with Crippen molar-refractivity contribution in [3.63, 3.8) is 0 Å². The standard InChI is InChI=1S/C18H18FNO3/c1-22-16-7-9-17(10-8-16)23-13-12-20-18(21)11-4-14-2-5-15(19)6-3-14/h2-11H,12-13H2,1H3,(H,20,21)/b11-4+. The lowest BCUT2D eigenvalue weighted by atomic mass is 10.2. The number of halogens is 1. The van der Waals surface area contributed by atoms with Crippen LogP contribution in [0.25, 0.3) is 6.08 Å². The van der Waals surface area contributed by atoms with Gasteiger partial charge in [0.15, 0.2) is 0 Å². The average Bonchev–Trinajstić information content (AvgIpc) is 2.59. The predicted molar refractivity (Wildman–Crippen MR) is 86.9 cm³/mol. The first kappa shape index (κ1) is 16.5. The number of methoxy groups -OCH3 is 1. The van der Waals surface area contributed by atoms with Crippen LogP contribution in [0, 0.1) is 5.82 Å². The first-order chi connectivity index (χ1) is 11.2. The van der Waals surface area contributed by atoms with Crippen LogP contribution < -0.4 is 14.8 Å². The molecule has 4 nitrogen and oxygen atoms in total. The van der Waals surface area contributed by atoms with E-state index in [1.54, 1.807) is 49.6 Å². The Morgan fingerprint density at radius 1 is 1.09 bits per heavy atom. The molecule has 0 atom stereocenters. The Morgan fingerprint density at radius 2 is 1.74 bits per heavy atom. The van der Waals surface area contributed by atoms with Crippen LogP contribution >= 0.6 is 0 Å². The number of nitrogens with one attached hydrogen (secondary N) is 1. The number of carbonyl (C=O) groups excluding carboxylic acids is 1. The van der Waals surface area contributed by atoms with Crippen LogP contribution in [0.1, 0.15) is 5.56 Å². The van der Waals surface area contributed by atoms with Crippen molar-refractivity contribution in [2.75, 3.05) is 20.3 Å². The maximum atomic E-state index is 12.7. The van der Waals surface area contributed by atoms with Gasteiger partial charge in [0.05, 0.1) is 13.7 Å². The largest absolute Gasteiger partial charge is 0.497 e. The molecule has 1 amide bonds. The molecule has 0 aliphatic heterocycles. The van der Waals surface area contributed by atoms with Gasteiger partial charge in [-0.25, -0.2) is 4.39 Å². The minimum Gasteiger partial charge on any atom is -0.497 e. The molecule has 23 heavy (non-hydrogen) atoms. The van der Waals surface area contributed by atoms with Crippen LogP contribution in [0.15, 0.2) is 54.6 Å². The van der Waals surface area contributed by atoms with Gasteiger partial charge in [0.2, 0.25) is 5.91 Å². The Kier molecular flexibility index (Phi) is 6.17. The number of ether oxygens (including phenoxy) is 2. The smallest absolute Gasteiger partial charge is 0.244 e. The number of carbonyl (C=O) groups is 1. The molecule has 0 bridgehead atoms. The highest BCUT2D eigenvalue weighted by Crippen LogP contribution is 2.16. The van der Waals surface area contributed by atoms with E-state index in [-0.39, 0.29) is 11.7 Å². The highest BCUT2D eigenvalue weighted by molar-refractivity contribution is 5.91. The first-order valence-electron chi connectivity index (χ1n) is 7.16. The van der Waals surface area contributed by atoms with Gasteiger partial charge in [-0.05, 0) is 48.0 Å². The molecule has 0 heterocycles. The summed E-state index contributed by atoms with van der Waals surface area (Å²) < 4.78 is 23.3. The topological polar surface area (TPSA) is 47.6 Å². The molecule has 2 aromatic carbocycles. The number of hydrogen-bond donors (Lipinski definition) is 1. The van der Waals surface area contributed by atoms with Crippen molar-refractivity contribution in [1.29, 1.82) is 0 Å². The van der Waals surface area contributed by atoms with Crippen molar-refractivity contribution >= 4 is 12.0 Å². The third-order valence-electron chi connectivity index (χ3n) is 3.03. The first-order valence-corrected chi connectivity index (χ1v) is 7.16. The van der Waals surface area contributed by atoms with E-state index in [1.165, 1.54) is 18.2 Å². The number of benzene rings is 2. The monoisotopic (exact) mass is 315 g/mol. The van der Waals surface area contributed by atoms with Gasteiger partial charge >= 0.3 is 0 Å². The maximum Gasteiger partial charge on any atom is 0.244 e. The summed E-state index contributed by atoms with van der Waals surface area (Å²) in [4.78, 5) is 11.6. The van der Waals surface area contributed by atoms with Gasteiger partial charge < -0.3 is 14.8 Å². The highest BCUT2D eigenvalue weighted by atomic mass is 19.1. The molecule has 0 saturated heterocycles. The molecule has 0 fully saturated rings. The number of amides is 1. The van der Waals surface area contributed by atoms with Crippen LogP contribution in [-0.4, -0.2) is 26.2 Å². The third-order valence-corrected chi connectivity index (χ3v) is 3.03. The Morgan fingerprint density at radius 3 is 2.39 bits per heavy atom. The molecule has 0 aromatic heterocycles. The Balaban J connectivity index is 1.68. The van der Waals surface area contributed by atoms with Gasteiger partial charge in [-0.15, -0.1) is 0 Å². The van der Waals surface area contributed by atoms with Crippen molar-refractivity contribution < 1.29 is 18.7 Å². The van der Waals surface area contributed by atoms with E-state index in [1.807, 2.05) is 0 Å². The molecule has 0 saturated carbocycles. The van der Waals surface area contributed by atoms with E-state index in [0.717, 1.165) is 11.3 Å². The fraction of sp³-hybridized carbons (Fsp3) is 0.167. The third kappa shape index (κ3) is 5.82. The summed E-state index contributed by atoms with van der Waals surface area (Å²) in [5, 5.41) is 2.71. The Hall–Kier alpha value is -2.82. The summed E-state index contributed by atoms with van der Waals surface area (Å²) >= 11 is 0. The van der Waals surface area contributed by atoms with Crippen molar-refractivity contribution in [2.24, 2.45) is 0 Å². The summed E-state index contributed by atoms with van der Waals surface area (Å²) in [5.41, 5.74) is 0.760. The van der Waals surface area contributed by atoms with E-state index in [0.29, 0.717) is 18.9 Å². The molecule has 2 rings (SSSR count). The molecular formula is C18H18FNO3. The predicted octanol–water partition coefficient (Wildman–Crippen LogP) is 3.04. The highest BCUT2D eigenvalue weighted by Gasteiger charge is 1.98. The quantitative estimate of drug-likeness (QED) is 0.631. The van der Waals surface area contributed by atoms with Crippen LogP contribution in [0.4, 0.5) is 4.39 Å². The van der Waals surface area contributed by atoms with E-state index in [9.17, 15) is 9.18 Å². The van der Waals surface area contributed by atoms with Crippen molar-refractivity contribution in [2.45, 2.75) is 0 Å². The fourth-order valence-electron chi connectivity index (χ4n) is 1.82. The molecule has 0 radical (unpaired) electrons. The van der Waals surface area contributed by atoms with Crippen LogP contribution in [-0.2, 0) is 4.79 Å². The zero-order chi connectivity index (χ0) is 16.5. The zero-order valence-corrected chi connectivity index (χ0v) is 12.8. The molecule has 120 valence electrons. The molecule has 0 spiro atoms. The zero-order valence-electron chi connectivity index (χ0n) is 12.8. The van der Waals surface area contributed by atoms with Gasteiger partial charge in [0.25, 0.3) is 0 Å². The van der Waals surface area contributed by atoms with Gasteiger partial charge in [-0.2, -0.15) is 0 Å². The lowest BCUT2D eigenvalue weighted by molar-refractivity contribution is -0.116. The maximum absolute atomic E-state index is 12.7. The Labute approximate surface area is 134 Å². The molecular weight excluding hydrogens is 297 g/mol. The van der Waals surface area contributed by atoms with E-state index >= 15 is 0 Å². The number of hydrogen-bond acceptors (Lipinski definition) is 3. The number of rotatable bonds is 7. The second kappa shape index (κ2) is 8.58. The Bertz CT molecular complexity index is 651. The van der Waals surface area contributed by atoms with Crippen molar-refractivity contribution in [3.8, 4) is 11.5 Å². The lowest BCUT2D eigenvalue weighted by Gasteiger charge is -2.07. The summed E-state index contributed by atoms with van der Waals surface area (Å²) in [6, 6.07) is 13.1. The fourth-order valence-corrected chi connectivity index (χ4v) is 1.82. The van der Waals surface area contributed by atoms with Gasteiger partial charge in [0, 0.05) is 6.08 Å². The normalized spacial score (nSPS) is 10.5. The summed E-state index contributed by atoms with van der Waals surface area (Å²) in [5.74, 6) is 0.938. The van der Waals surface area contributed by atoms with E-state index in [2.05, 4.69) is 5.32 Å². The summed E-state index contributed by atoms with van der Waals surface area (Å²) in [6.45, 7) is 0.751. The summed E-state index contributed by atoms with van der Waals surface area (Å²) in [6.07, 6.45) is 3.03. The van der Waals surface area contributed by atoms with Crippen LogP contribution in [0.5, 0.6) is 11.5 Å². The average molecular weight is 315 g/mol. The van der Waals surface area contributed by atoms with E-state index < -0.39 is 0 Å². The molecule has 2 aromatic rings. The van der Waals surface area contributed by atoms with Gasteiger partial charge in [-0.1, -0.05) is 12.1 Å². The molecule has 0 aliphatic carbocycles. The molecule has 0 unspecified atom stereocenters. The molecule has 5 heteroatoms. The van der Waals surface area contributed by atoms with Crippen molar-refractivity contribution in [1.82, 2.24) is 5.32 Å². The van der Waals surface area contributed by atoms with Crippen LogP contribution in [0.2, 0.25) is 0 Å². The second-order valence-electron chi connectivity index (χ2n) is 4.70. The van der Waals surface area contributed by atoms with Gasteiger partial charge in [-0.3, -0.25) is 4.79 Å². The van der Waals surface area contributed by atoms with Gasteiger partial charge in [0.1, 0.15) is 23.9 Å². The SMILES string of the molecule is COc1ccc(OCCNC(=O)/C=C/c2ccc(F)cc2)cc1. The van der Waals surface area contributed by atoms with Crippen LogP contribution in [0.3, 0.4) is 0 Å².